The van der Waals surface area contributed by atoms with Crippen LogP contribution in [0.1, 0.15) is 11.3 Å². The normalized spacial score (nSPS) is 15.3. The lowest BCUT2D eigenvalue weighted by Crippen LogP contribution is -2.27. The van der Waals surface area contributed by atoms with Crippen molar-refractivity contribution < 1.29 is 18.9 Å². The third-order valence-corrected chi connectivity index (χ3v) is 5.59. The zero-order chi connectivity index (χ0) is 21.4. The van der Waals surface area contributed by atoms with Crippen molar-refractivity contribution in [3.8, 4) is 11.3 Å². The van der Waals surface area contributed by atoms with E-state index in [0.29, 0.717) is 33.4 Å². The van der Waals surface area contributed by atoms with Gasteiger partial charge in [-0.3, -0.25) is 19.7 Å². The Labute approximate surface area is 180 Å². The van der Waals surface area contributed by atoms with Crippen LogP contribution >= 0.6 is 23.4 Å². The number of aryl methyl sites for hydroxylation is 1. The van der Waals surface area contributed by atoms with Crippen LogP contribution in [0, 0.1) is 17.0 Å². The number of anilines is 1. The number of halogens is 1. The fraction of sp³-hybridized carbons (Fsp3) is 0.0476. The van der Waals surface area contributed by atoms with Crippen LogP contribution in [0.5, 0.6) is 0 Å². The molecule has 7 nitrogen and oxygen atoms in total. The number of nitrogens with zero attached hydrogens (tertiary/aromatic N) is 2. The molecule has 0 bridgehead atoms. The van der Waals surface area contributed by atoms with Gasteiger partial charge >= 0.3 is 0 Å². The average Bonchev–Trinajstić information content (AvgIpc) is 3.27. The van der Waals surface area contributed by atoms with Crippen molar-refractivity contribution >= 4 is 52.0 Å². The topological polar surface area (TPSA) is 93.7 Å². The Kier molecular flexibility index (Phi) is 5.19. The summed E-state index contributed by atoms with van der Waals surface area (Å²) in [5.74, 6) is 0.451. The molecular formula is C21H13ClN2O5S. The number of imide groups is 1. The van der Waals surface area contributed by atoms with Gasteiger partial charge in [0.1, 0.15) is 11.5 Å². The van der Waals surface area contributed by atoms with Crippen molar-refractivity contribution in [2.75, 3.05) is 4.90 Å². The average molecular weight is 441 g/mol. The van der Waals surface area contributed by atoms with E-state index in [1.54, 1.807) is 49.4 Å². The number of rotatable bonds is 4. The number of amides is 2. The van der Waals surface area contributed by atoms with Crippen molar-refractivity contribution in [1.82, 2.24) is 0 Å². The summed E-state index contributed by atoms with van der Waals surface area (Å²) in [5, 5.41) is 11.0. The largest absolute Gasteiger partial charge is 0.457 e. The van der Waals surface area contributed by atoms with E-state index in [4.69, 9.17) is 16.0 Å². The minimum absolute atomic E-state index is 0.00102. The van der Waals surface area contributed by atoms with Crippen molar-refractivity contribution in [2.45, 2.75) is 6.92 Å². The number of thioether (sulfide) groups is 1. The number of nitro groups is 1. The third kappa shape index (κ3) is 3.74. The summed E-state index contributed by atoms with van der Waals surface area (Å²) < 4.78 is 5.79. The van der Waals surface area contributed by atoms with Gasteiger partial charge in [0.15, 0.2) is 0 Å². The SMILES string of the molecule is Cc1cc([N+](=O)[O-])ccc1-c1ccc(/C=C2\SC(=O)N(c3ccc(Cl)cc3)C2=O)o1. The molecular weight excluding hydrogens is 428 g/mol. The lowest BCUT2D eigenvalue weighted by atomic mass is 10.1. The van der Waals surface area contributed by atoms with Gasteiger partial charge in [0, 0.05) is 28.8 Å². The van der Waals surface area contributed by atoms with Crippen LogP contribution in [0.2, 0.25) is 5.02 Å². The molecule has 1 fully saturated rings. The quantitative estimate of drug-likeness (QED) is 0.278. The van der Waals surface area contributed by atoms with Gasteiger partial charge in [-0.2, -0.15) is 0 Å². The molecule has 0 spiro atoms. The number of non-ortho nitro benzene ring substituents is 1. The predicted octanol–water partition coefficient (Wildman–Crippen LogP) is 6.06. The predicted molar refractivity (Wildman–Crippen MR) is 115 cm³/mol. The number of nitro benzene ring substituents is 1. The summed E-state index contributed by atoms with van der Waals surface area (Å²) in [4.78, 5) is 36.8. The number of carbonyl (C=O) groups is 2. The summed E-state index contributed by atoms with van der Waals surface area (Å²) >= 11 is 6.68. The van der Waals surface area contributed by atoms with Crippen LogP contribution in [0.4, 0.5) is 16.2 Å². The van der Waals surface area contributed by atoms with Gasteiger partial charge in [-0.15, -0.1) is 0 Å². The van der Waals surface area contributed by atoms with Gasteiger partial charge in [0.25, 0.3) is 16.8 Å². The maximum atomic E-state index is 12.7. The minimum atomic E-state index is -0.457. The second-order valence-electron chi connectivity index (χ2n) is 6.45. The number of benzene rings is 2. The van der Waals surface area contributed by atoms with Crippen LogP contribution in [0.25, 0.3) is 17.4 Å². The van der Waals surface area contributed by atoms with E-state index in [-0.39, 0.29) is 10.6 Å². The molecule has 2 heterocycles. The van der Waals surface area contributed by atoms with Gasteiger partial charge in [-0.05, 0) is 66.7 Å². The van der Waals surface area contributed by atoms with Gasteiger partial charge in [-0.1, -0.05) is 11.6 Å². The Morgan fingerprint density at radius 1 is 1.10 bits per heavy atom. The van der Waals surface area contributed by atoms with E-state index in [2.05, 4.69) is 0 Å². The zero-order valence-electron chi connectivity index (χ0n) is 15.5. The van der Waals surface area contributed by atoms with Gasteiger partial charge in [-0.25, -0.2) is 4.90 Å². The second-order valence-corrected chi connectivity index (χ2v) is 7.88. The van der Waals surface area contributed by atoms with E-state index in [0.717, 1.165) is 16.7 Å². The zero-order valence-corrected chi connectivity index (χ0v) is 17.1. The molecule has 0 radical (unpaired) electrons. The number of hydrogen-bond donors (Lipinski definition) is 0. The Morgan fingerprint density at radius 3 is 2.50 bits per heavy atom. The van der Waals surface area contributed by atoms with Gasteiger partial charge in [0.2, 0.25) is 0 Å². The Morgan fingerprint density at radius 2 is 1.83 bits per heavy atom. The maximum absolute atomic E-state index is 12.7. The highest BCUT2D eigenvalue weighted by Gasteiger charge is 2.36. The maximum Gasteiger partial charge on any atom is 0.298 e. The van der Waals surface area contributed by atoms with E-state index >= 15 is 0 Å². The fourth-order valence-corrected chi connectivity index (χ4v) is 3.97. The van der Waals surface area contributed by atoms with E-state index in [1.165, 1.54) is 18.2 Å². The summed E-state index contributed by atoms with van der Waals surface area (Å²) in [5.41, 5.74) is 1.83. The first-order chi connectivity index (χ1) is 14.3. The molecule has 0 atom stereocenters. The van der Waals surface area contributed by atoms with Crippen molar-refractivity contribution in [3.63, 3.8) is 0 Å². The number of carbonyl (C=O) groups excluding carboxylic acids is 2. The molecule has 0 aliphatic carbocycles. The monoisotopic (exact) mass is 440 g/mol. The van der Waals surface area contributed by atoms with E-state index in [9.17, 15) is 19.7 Å². The summed E-state index contributed by atoms with van der Waals surface area (Å²) in [6.07, 6.45) is 1.51. The first-order valence-electron chi connectivity index (χ1n) is 8.72. The summed E-state index contributed by atoms with van der Waals surface area (Å²) in [6.45, 7) is 1.75. The lowest BCUT2D eigenvalue weighted by Gasteiger charge is -2.11. The number of hydrogen-bond acceptors (Lipinski definition) is 6. The van der Waals surface area contributed by atoms with Crippen molar-refractivity contribution in [3.05, 3.63) is 86.0 Å². The van der Waals surface area contributed by atoms with Crippen LogP contribution in [-0.4, -0.2) is 16.1 Å². The molecule has 150 valence electrons. The molecule has 2 amide bonds. The Hall–Kier alpha value is -3.36. The van der Waals surface area contributed by atoms with Gasteiger partial charge in [0.05, 0.1) is 15.5 Å². The third-order valence-electron chi connectivity index (χ3n) is 4.46. The molecule has 3 aromatic rings. The van der Waals surface area contributed by atoms with E-state index in [1.807, 2.05) is 0 Å². The molecule has 1 aliphatic heterocycles. The van der Waals surface area contributed by atoms with Gasteiger partial charge < -0.3 is 4.42 Å². The second kappa shape index (κ2) is 7.81. The standard InChI is InChI=1S/C21H13ClN2O5S/c1-12-10-15(24(27)28)6-8-17(12)18-9-7-16(29-18)11-19-20(25)23(21(26)30-19)14-4-2-13(22)3-5-14/h2-11H,1H3/b19-11-. The first-order valence-corrected chi connectivity index (χ1v) is 9.92. The molecule has 30 heavy (non-hydrogen) atoms. The molecule has 0 N–H and O–H groups in total. The first kappa shape index (κ1) is 19.9. The highest BCUT2D eigenvalue weighted by Crippen LogP contribution is 2.37. The van der Waals surface area contributed by atoms with Crippen molar-refractivity contribution in [1.29, 1.82) is 0 Å². The Bertz CT molecular complexity index is 1220. The van der Waals surface area contributed by atoms with Crippen molar-refractivity contribution in [2.24, 2.45) is 0 Å². The molecule has 0 saturated carbocycles. The van der Waals surface area contributed by atoms with Crippen LogP contribution in [-0.2, 0) is 4.79 Å². The molecule has 1 aliphatic rings. The summed E-state index contributed by atoms with van der Waals surface area (Å²) in [6, 6.07) is 14.3. The summed E-state index contributed by atoms with van der Waals surface area (Å²) in [7, 11) is 0. The van der Waals surface area contributed by atoms with Crippen LogP contribution in [0.15, 0.2) is 63.9 Å². The molecule has 1 saturated heterocycles. The molecule has 9 heteroatoms. The molecule has 1 aromatic heterocycles. The number of furan rings is 1. The minimum Gasteiger partial charge on any atom is -0.457 e. The molecule has 2 aromatic carbocycles. The Balaban J connectivity index is 1.60. The van der Waals surface area contributed by atoms with Crippen LogP contribution < -0.4 is 4.90 Å². The smallest absolute Gasteiger partial charge is 0.298 e. The highest BCUT2D eigenvalue weighted by molar-refractivity contribution is 8.19. The highest BCUT2D eigenvalue weighted by atomic mass is 35.5. The molecule has 4 rings (SSSR count). The lowest BCUT2D eigenvalue weighted by molar-refractivity contribution is -0.384. The molecule has 0 unspecified atom stereocenters. The van der Waals surface area contributed by atoms with Crippen LogP contribution in [0.3, 0.4) is 0 Å². The fourth-order valence-electron chi connectivity index (χ4n) is 3.02. The van der Waals surface area contributed by atoms with E-state index < -0.39 is 16.1 Å².